The second-order valence-corrected chi connectivity index (χ2v) is 5.89. The predicted molar refractivity (Wildman–Crippen MR) is 81.0 cm³/mol. The van der Waals surface area contributed by atoms with Crippen LogP contribution in [0.3, 0.4) is 0 Å². The Balaban J connectivity index is 2.01. The molecule has 6 nitrogen and oxygen atoms in total. The van der Waals surface area contributed by atoms with Crippen molar-refractivity contribution < 1.29 is 19.2 Å². The molecule has 2 rings (SSSR count). The molecule has 0 atom stereocenters. The van der Waals surface area contributed by atoms with E-state index in [0.29, 0.717) is 0 Å². The Morgan fingerprint density at radius 3 is 2.38 bits per heavy atom. The van der Waals surface area contributed by atoms with Crippen LogP contribution in [0.5, 0.6) is 0 Å². The Hall–Kier alpha value is -1.86. The summed E-state index contributed by atoms with van der Waals surface area (Å²) in [5, 5.41) is 10.8. The monoisotopic (exact) mass is 290 g/mol. The number of amides is 1. The molecule has 0 saturated carbocycles. The van der Waals surface area contributed by atoms with Crippen molar-refractivity contribution >= 4 is 25.1 Å². The highest BCUT2D eigenvalue weighted by atomic mass is 16.7. The maximum atomic E-state index is 10.5. The lowest BCUT2D eigenvalue weighted by atomic mass is 9.89. The molecule has 0 radical (unpaired) electrons. The minimum absolute atomic E-state index is 0.287. The van der Waals surface area contributed by atoms with Gasteiger partial charge in [0.15, 0.2) is 0 Å². The van der Waals surface area contributed by atoms with Gasteiger partial charge >= 0.3 is 13.2 Å². The number of hydrogen-bond acceptors (Lipinski definition) is 4. The van der Waals surface area contributed by atoms with Crippen LogP contribution in [0, 0.1) is 0 Å². The van der Waals surface area contributed by atoms with Gasteiger partial charge in [0.05, 0.1) is 11.2 Å². The zero-order valence-electron chi connectivity index (χ0n) is 12.6. The molecule has 0 bridgehead atoms. The van der Waals surface area contributed by atoms with Gasteiger partial charge in [0.1, 0.15) is 5.82 Å². The van der Waals surface area contributed by atoms with E-state index >= 15 is 0 Å². The first-order chi connectivity index (χ1) is 9.69. The quantitative estimate of drug-likeness (QED) is 0.837. The molecule has 112 valence electrons. The highest BCUT2D eigenvalue weighted by Gasteiger charge is 2.49. The number of rotatable bonds is 3. The van der Waals surface area contributed by atoms with Crippen LogP contribution in [-0.2, 0) is 9.31 Å². The summed E-state index contributed by atoms with van der Waals surface area (Å²) in [5.74, 6) is 2.10. The van der Waals surface area contributed by atoms with Gasteiger partial charge in [-0.2, -0.15) is 0 Å². The average Bonchev–Trinajstić information content (AvgIpc) is 2.56. The number of pyridine rings is 1. The molecule has 0 unspecified atom stereocenters. The lowest BCUT2D eigenvalue weighted by Gasteiger charge is -2.32. The second kappa shape index (κ2) is 5.50. The fraction of sp³-hybridized carbons (Fsp3) is 0.429. The summed E-state index contributed by atoms with van der Waals surface area (Å²) in [6.07, 6.45) is 2.27. The molecule has 2 heterocycles. The molecule has 0 spiro atoms. The van der Waals surface area contributed by atoms with Gasteiger partial charge in [-0.15, -0.1) is 0 Å². The first-order valence-electron chi connectivity index (χ1n) is 6.69. The molecule has 0 aliphatic carbocycles. The van der Waals surface area contributed by atoms with Crippen LogP contribution >= 0.6 is 0 Å². The molecule has 1 fully saturated rings. The SMILES string of the molecule is CC1(C)OB(/C=C/c2ccc(NC(=O)O)nc2)OC1(C)C. The standard InChI is InChI=1S/C14H19BN2O4/c1-13(2)14(3,4)21-15(20-13)8-7-10-5-6-11(16-9-10)17-12(18)19/h5-9H,1-4H3,(H,16,17)(H,18,19)/b8-7+. The predicted octanol–water partition coefficient (Wildman–Crippen LogP) is 2.82. The lowest BCUT2D eigenvalue weighted by Crippen LogP contribution is -2.41. The zero-order chi connectivity index (χ0) is 15.7. The molecule has 1 aliphatic heterocycles. The Bertz CT molecular complexity index is 539. The summed E-state index contributed by atoms with van der Waals surface area (Å²) in [6, 6.07) is 3.36. The number of carbonyl (C=O) groups is 1. The van der Waals surface area contributed by atoms with Crippen LogP contribution in [0.1, 0.15) is 33.3 Å². The van der Waals surface area contributed by atoms with Crippen molar-refractivity contribution in [3.8, 4) is 0 Å². The topological polar surface area (TPSA) is 80.7 Å². The second-order valence-electron chi connectivity index (χ2n) is 5.89. The van der Waals surface area contributed by atoms with E-state index in [1.807, 2.05) is 39.7 Å². The molecule has 21 heavy (non-hydrogen) atoms. The summed E-state index contributed by atoms with van der Waals surface area (Å²) in [7, 11) is -0.410. The first kappa shape index (κ1) is 15.5. The molecule has 1 saturated heterocycles. The van der Waals surface area contributed by atoms with Crippen LogP contribution in [0.15, 0.2) is 24.3 Å². The molecule has 7 heteroatoms. The van der Waals surface area contributed by atoms with E-state index in [9.17, 15) is 4.79 Å². The van der Waals surface area contributed by atoms with Gasteiger partial charge < -0.3 is 14.4 Å². The highest BCUT2D eigenvalue weighted by Crippen LogP contribution is 2.36. The Kier molecular flexibility index (Phi) is 4.07. The number of nitrogens with zero attached hydrogens (tertiary/aromatic N) is 1. The smallest absolute Gasteiger partial charge is 0.465 e. The summed E-state index contributed by atoms with van der Waals surface area (Å²) in [4.78, 5) is 14.5. The van der Waals surface area contributed by atoms with E-state index in [1.54, 1.807) is 18.3 Å². The van der Waals surface area contributed by atoms with Gasteiger partial charge in [-0.25, -0.2) is 9.78 Å². The lowest BCUT2D eigenvalue weighted by molar-refractivity contribution is 0.00578. The van der Waals surface area contributed by atoms with Crippen molar-refractivity contribution in [1.29, 1.82) is 0 Å². The van der Waals surface area contributed by atoms with E-state index in [-0.39, 0.29) is 17.0 Å². The van der Waals surface area contributed by atoms with Gasteiger partial charge in [-0.3, -0.25) is 5.32 Å². The third kappa shape index (κ3) is 3.62. The summed E-state index contributed by atoms with van der Waals surface area (Å²) >= 11 is 0. The van der Waals surface area contributed by atoms with Crippen molar-refractivity contribution in [1.82, 2.24) is 4.98 Å². The molecule has 2 N–H and O–H groups in total. The van der Waals surface area contributed by atoms with E-state index in [0.717, 1.165) is 5.56 Å². The fourth-order valence-corrected chi connectivity index (χ4v) is 1.84. The third-order valence-corrected chi connectivity index (χ3v) is 3.74. The minimum atomic E-state index is -1.14. The van der Waals surface area contributed by atoms with Crippen LogP contribution in [0.25, 0.3) is 6.08 Å². The van der Waals surface area contributed by atoms with Crippen molar-refractivity contribution in [2.24, 2.45) is 0 Å². The molecule has 1 amide bonds. The molecule has 1 aromatic rings. The maximum absolute atomic E-state index is 10.5. The highest BCUT2D eigenvalue weighted by molar-refractivity contribution is 6.52. The molecule has 0 aromatic carbocycles. The molecule has 1 aliphatic rings. The number of aromatic nitrogens is 1. The van der Waals surface area contributed by atoms with Gasteiger partial charge in [0.2, 0.25) is 0 Å². The van der Waals surface area contributed by atoms with Gasteiger partial charge in [-0.1, -0.05) is 12.1 Å². The normalized spacial score (nSPS) is 19.9. The van der Waals surface area contributed by atoms with Crippen LogP contribution in [0.4, 0.5) is 10.6 Å². The Labute approximate surface area is 124 Å². The summed E-state index contributed by atoms with van der Waals surface area (Å²) in [5.41, 5.74) is 0.103. The van der Waals surface area contributed by atoms with Gasteiger partial charge in [-0.05, 0) is 45.4 Å². The summed E-state index contributed by atoms with van der Waals surface area (Å²) < 4.78 is 11.7. The average molecular weight is 290 g/mol. The van der Waals surface area contributed by atoms with E-state index in [4.69, 9.17) is 14.4 Å². The molecular formula is C14H19BN2O4. The Morgan fingerprint density at radius 2 is 1.90 bits per heavy atom. The van der Waals surface area contributed by atoms with Crippen LogP contribution in [0.2, 0.25) is 0 Å². The minimum Gasteiger partial charge on any atom is -0.465 e. The molecule has 1 aromatic heterocycles. The number of carboxylic acid groups (broad SMARTS) is 1. The van der Waals surface area contributed by atoms with E-state index in [1.165, 1.54) is 0 Å². The molecular weight excluding hydrogens is 271 g/mol. The first-order valence-corrected chi connectivity index (χ1v) is 6.69. The number of anilines is 1. The van der Waals surface area contributed by atoms with Crippen molar-refractivity contribution in [3.05, 3.63) is 29.9 Å². The zero-order valence-corrected chi connectivity index (χ0v) is 12.6. The maximum Gasteiger partial charge on any atom is 0.487 e. The van der Waals surface area contributed by atoms with Crippen molar-refractivity contribution in [3.63, 3.8) is 0 Å². The fourth-order valence-electron chi connectivity index (χ4n) is 1.84. The summed E-state index contributed by atoms with van der Waals surface area (Å²) in [6.45, 7) is 7.98. The van der Waals surface area contributed by atoms with Crippen LogP contribution in [-0.4, -0.2) is 34.5 Å². The number of hydrogen-bond donors (Lipinski definition) is 2. The van der Waals surface area contributed by atoms with Crippen LogP contribution < -0.4 is 5.32 Å². The van der Waals surface area contributed by atoms with E-state index in [2.05, 4.69) is 10.3 Å². The van der Waals surface area contributed by atoms with E-state index < -0.39 is 13.2 Å². The van der Waals surface area contributed by atoms with Crippen molar-refractivity contribution in [2.45, 2.75) is 38.9 Å². The number of nitrogens with one attached hydrogen (secondary N) is 1. The van der Waals surface area contributed by atoms with Gasteiger partial charge in [0, 0.05) is 6.20 Å². The third-order valence-electron chi connectivity index (χ3n) is 3.74. The Morgan fingerprint density at radius 1 is 1.29 bits per heavy atom. The van der Waals surface area contributed by atoms with Gasteiger partial charge in [0.25, 0.3) is 0 Å². The van der Waals surface area contributed by atoms with Crippen molar-refractivity contribution in [2.75, 3.05) is 5.32 Å². The largest absolute Gasteiger partial charge is 0.487 e.